The zero-order chi connectivity index (χ0) is 12.7. The fourth-order valence-corrected chi connectivity index (χ4v) is 1.45. The molecule has 0 aliphatic rings. The number of rotatable bonds is 6. The largest absolute Gasteiger partial charge is 0.491 e. The van der Waals surface area contributed by atoms with Crippen LogP contribution in [0.3, 0.4) is 0 Å². The molecule has 1 atom stereocenters. The third-order valence-electron chi connectivity index (χ3n) is 2.40. The Balaban J connectivity index is 2.44. The fourth-order valence-electron chi connectivity index (χ4n) is 1.45. The molecule has 0 fully saturated rings. The Labute approximate surface area is 102 Å². The lowest BCUT2D eigenvalue weighted by Gasteiger charge is -2.11. The number of carbonyl (C=O) groups excluding carboxylic acids is 1. The first-order chi connectivity index (χ1) is 8.17. The number of esters is 1. The molecule has 1 aromatic carbocycles. The molecule has 0 saturated heterocycles. The average Bonchev–Trinajstić information content (AvgIpc) is 2.37. The van der Waals surface area contributed by atoms with Crippen molar-refractivity contribution in [1.82, 2.24) is 0 Å². The summed E-state index contributed by atoms with van der Waals surface area (Å²) >= 11 is 0. The third-order valence-corrected chi connectivity index (χ3v) is 2.40. The molecule has 4 heteroatoms. The molecule has 0 amide bonds. The molecule has 0 saturated carbocycles. The predicted molar refractivity (Wildman–Crippen MR) is 65.9 cm³/mol. The van der Waals surface area contributed by atoms with E-state index in [2.05, 4.69) is 11.7 Å². The molecule has 17 heavy (non-hydrogen) atoms. The van der Waals surface area contributed by atoms with Crippen molar-refractivity contribution in [2.45, 2.75) is 25.8 Å². The maximum Gasteiger partial charge on any atom is 0.326 e. The van der Waals surface area contributed by atoms with Crippen molar-refractivity contribution in [2.75, 3.05) is 13.7 Å². The van der Waals surface area contributed by atoms with E-state index in [1.165, 1.54) is 12.7 Å². The molecule has 4 nitrogen and oxygen atoms in total. The van der Waals surface area contributed by atoms with Gasteiger partial charge in [0.05, 0.1) is 7.11 Å². The molecule has 1 unspecified atom stereocenters. The van der Waals surface area contributed by atoms with Crippen LogP contribution >= 0.6 is 0 Å². The minimum absolute atomic E-state index is 0.125. The van der Waals surface area contributed by atoms with E-state index in [9.17, 15) is 4.79 Å². The van der Waals surface area contributed by atoms with E-state index in [1.807, 2.05) is 24.3 Å². The second-order valence-corrected chi connectivity index (χ2v) is 3.83. The third kappa shape index (κ3) is 4.44. The van der Waals surface area contributed by atoms with E-state index < -0.39 is 12.0 Å². The first kappa shape index (κ1) is 13.5. The van der Waals surface area contributed by atoms with Gasteiger partial charge in [0.2, 0.25) is 0 Å². The van der Waals surface area contributed by atoms with Gasteiger partial charge in [0.25, 0.3) is 0 Å². The van der Waals surface area contributed by atoms with Gasteiger partial charge in [0.1, 0.15) is 18.4 Å². The van der Waals surface area contributed by atoms with Gasteiger partial charge in [0.15, 0.2) is 0 Å². The minimum atomic E-state index is -0.740. The van der Waals surface area contributed by atoms with E-state index in [-0.39, 0.29) is 6.61 Å². The highest BCUT2D eigenvalue weighted by Crippen LogP contribution is 2.13. The van der Waals surface area contributed by atoms with Crippen LogP contribution in [0.15, 0.2) is 24.3 Å². The standard InChI is InChI=1S/C13H19NO3/c1-3-4-10-5-7-11(8-6-10)17-9-12(14)13(15)16-2/h5-8,12H,3-4,9,14H2,1-2H3. The summed E-state index contributed by atoms with van der Waals surface area (Å²) in [5.41, 5.74) is 6.83. The molecule has 2 N–H and O–H groups in total. The van der Waals surface area contributed by atoms with Crippen LogP contribution in [0.25, 0.3) is 0 Å². The van der Waals surface area contributed by atoms with Gasteiger partial charge in [-0.3, -0.25) is 4.79 Å². The smallest absolute Gasteiger partial charge is 0.326 e. The predicted octanol–water partition coefficient (Wildman–Crippen LogP) is 1.52. The summed E-state index contributed by atoms with van der Waals surface area (Å²) < 4.78 is 9.91. The number of carbonyl (C=O) groups is 1. The summed E-state index contributed by atoms with van der Waals surface area (Å²) in [5, 5.41) is 0. The highest BCUT2D eigenvalue weighted by molar-refractivity contribution is 5.75. The molecule has 0 bridgehead atoms. The van der Waals surface area contributed by atoms with Gasteiger partial charge in [-0.05, 0) is 24.1 Å². The van der Waals surface area contributed by atoms with E-state index in [0.29, 0.717) is 5.75 Å². The van der Waals surface area contributed by atoms with Crippen LogP contribution < -0.4 is 10.5 Å². The topological polar surface area (TPSA) is 61.5 Å². The number of hydrogen-bond donors (Lipinski definition) is 1. The Kier molecular flexibility index (Phi) is 5.49. The highest BCUT2D eigenvalue weighted by atomic mass is 16.5. The molecule has 0 aliphatic carbocycles. The van der Waals surface area contributed by atoms with Crippen molar-refractivity contribution >= 4 is 5.97 Å². The molecule has 0 radical (unpaired) electrons. The van der Waals surface area contributed by atoms with Crippen molar-refractivity contribution in [3.05, 3.63) is 29.8 Å². The lowest BCUT2D eigenvalue weighted by Crippen LogP contribution is -2.37. The van der Waals surface area contributed by atoms with Gasteiger partial charge in [0, 0.05) is 0 Å². The Morgan fingerprint density at radius 2 is 2.00 bits per heavy atom. The van der Waals surface area contributed by atoms with E-state index >= 15 is 0 Å². The normalized spacial score (nSPS) is 11.9. The lowest BCUT2D eigenvalue weighted by atomic mass is 10.1. The van der Waals surface area contributed by atoms with E-state index in [4.69, 9.17) is 10.5 Å². The number of aryl methyl sites for hydroxylation is 1. The van der Waals surface area contributed by atoms with Crippen molar-refractivity contribution < 1.29 is 14.3 Å². The van der Waals surface area contributed by atoms with Gasteiger partial charge in [-0.25, -0.2) is 0 Å². The highest BCUT2D eigenvalue weighted by Gasteiger charge is 2.13. The van der Waals surface area contributed by atoms with Crippen molar-refractivity contribution in [3.63, 3.8) is 0 Å². The summed E-state index contributed by atoms with van der Waals surface area (Å²) in [6.07, 6.45) is 2.18. The van der Waals surface area contributed by atoms with Gasteiger partial charge in [-0.2, -0.15) is 0 Å². The summed E-state index contributed by atoms with van der Waals surface area (Å²) in [4.78, 5) is 11.0. The molecule has 0 spiro atoms. The molecule has 0 aliphatic heterocycles. The first-order valence-corrected chi connectivity index (χ1v) is 5.72. The summed E-state index contributed by atoms with van der Waals surface area (Å²) in [7, 11) is 1.31. The van der Waals surface area contributed by atoms with Crippen LogP contribution in [-0.4, -0.2) is 25.7 Å². The summed E-state index contributed by atoms with van der Waals surface area (Å²) in [6.45, 7) is 2.26. The second kappa shape index (κ2) is 6.91. The van der Waals surface area contributed by atoms with Crippen molar-refractivity contribution in [2.24, 2.45) is 5.73 Å². The maximum atomic E-state index is 11.0. The average molecular weight is 237 g/mol. The molecule has 1 aromatic rings. The number of methoxy groups -OCH3 is 1. The number of nitrogens with two attached hydrogens (primary N) is 1. The first-order valence-electron chi connectivity index (χ1n) is 5.72. The zero-order valence-corrected chi connectivity index (χ0v) is 10.3. The molecule has 0 aromatic heterocycles. The van der Waals surface area contributed by atoms with Crippen molar-refractivity contribution in [3.8, 4) is 5.75 Å². The fraction of sp³-hybridized carbons (Fsp3) is 0.462. The van der Waals surface area contributed by atoms with Crippen LogP contribution in [0.4, 0.5) is 0 Å². The van der Waals surface area contributed by atoms with Gasteiger partial charge < -0.3 is 15.2 Å². The van der Waals surface area contributed by atoms with Crippen LogP contribution in [0.2, 0.25) is 0 Å². The molecular weight excluding hydrogens is 218 g/mol. The van der Waals surface area contributed by atoms with E-state index in [0.717, 1.165) is 12.8 Å². The quantitative estimate of drug-likeness (QED) is 0.762. The Morgan fingerprint density at radius 1 is 1.35 bits per heavy atom. The maximum absolute atomic E-state index is 11.0. The zero-order valence-electron chi connectivity index (χ0n) is 10.3. The van der Waals surface area contributed by atoms with Crippen LogP contribution in [0, 0.1) is 0 Å². The van der Waals surface area contributed by atoms with Crippen LogP contribution in [0.1, 0.15) is 18.9 Å². The molecule has 1 rings (SSSR count). The Morgan fingerprint density at radius 3 is 2.53 bits per heavy atom. The Hall–Kier alpha value is -1.55. The van der Waals surface area contributed by atoms with Crippen LogP contribution in [-0.2, 0) is 16.0 Å². The number of benzene rings is 1. The number of hydrogen-bond acceptors (Lipinski definition) is 4. The van der Waals surface area contributed by atoms with Gasteiger partial charge in [-0.15, -0.1) is 0 Å². The van der Waals surface area contributed by atoms with Gasteiger partial charge >= 0.3 is 5.97 Å². The van der Waals surface area contributed by atoms with Gasteiger partial charge in [-0.1, -0.05) is 25.5 Å². The van der Waals surface area contributed by atoms with Crippen LogP contribution in [0.5, 0.6) is 5.75 Å². The Bertz CT molecular complexity index is 348. The monoisotopic (exact) mass is 237 g/mol. The SMILES string of the molecule is CCCc1ccc(OCC(N)C(=O)OC)cc1. The molecule has 0 heterocycles. The molecule has 94 valence electrons. The number of ether oxygens (including phenoxy) is 2. The molecular formula is C13H19NO3. The lowest BCUT2D eigenvalue weighted by molar-refractivity contribution is -0.142. The summed E-state index contributed by atoms with van der Waals surface area (Å²) in [5.74, 6) is 0.247. The minimum Gasteiger partial charge on any atom is -0.491 e. The second-order valence-electron chi connectivity index (χ2n) is 3.83. The summed E-state index contributed by atoms with van der Waals surface area (Å²) in [6, 6.07) is 7.06. The van der Waals surface area contributed by atoms with Crippen molar-refractivity contribution in [1.29, 1.82) is 0 Å². The van der Waals surface area contributed by atoms with E-state index in [1.54, 1.807) is 0 Å².